The fourth-order valence-electron chi connectivity index (χ4n) is 4.90. The molecule has 0 amide bonds. The van der Waals surface area contributed by atoms with Crippen LogP contribution >= 0.6 is 0 Å². The van der Waals surface area contributed by atoms with Crippen LogP contribution in [0.1, 0.15) is 84.4 Å². The number of imidazole rings is 1. The predicted molar refractivity (Wildman–Crippen MR) is 126 cm³/mol. The first-order valence-electron chi connectivity index (χ1n) is 12.4. The normalized spacial score (nSPS) is 26.2. The van der Waals surface area contributed by atoms with Gasteiger partial charge in [0.25, 0.3) is 0 Å². The number of aromatic nitrogens is 4. The van der Waals surface area contributed by atoms with Crippen LogP contribution in [0.15, 0.2) is 6.33 Å². The van der Waals surface area contributed by atoms with E-state index in [2.05, 4.69) is 47.5 Å². The lowest BCUT2D eigenvalue weighted by atomic mass is 9.79. The second-order valence-corrected chi connectivity index (χ2v) is 9.59. The SMILES string of the molecule is CCC(CC)Nc1nc(C#C[C@]2(O)CCC[C@@H](C)C2)nc2c1ncn2CC1CCCCO1. The van der Waals surface area contributed by atoms with E-state index < -0.39 is 5.60 Å². The summed E-state index contributed by atoms with van der Waals surface area (Å²) in [5.41, 5.74) is 0.592. The van der Waals surface area contributed by atoms with Gasteiger partial charge in [0, 0.05) is 12.6 Å². The Morgan fingerprint density at radius 2 is 2.09 bits per heavy atom. The van der Waals surface area contributed by atoms with Gasteiger partial charge in [-0.3, -0.25) is 0 Å². The minimum absolute atomic E-state index is 0.186. The molecule has 1 aliphatic heterocycles. The zero-order valence-corrected chi connectivity index (χ0v) is 19.7. The second kappa shape index (κ2) is 10.2. The molecule has 0 spiro atoms. The minimum atomic E-state index is -0.949. The number of nitrogens with zero attached hydrogens (tertiary/aromatic N) is 4. The van der Waals surface area contributed by atoms with E-state index in [0.717, 1.165) is 68.7 Å². The molecule has 0 bridgehead atoms. The minimum Gasteiger partial charge on any atom is -0.378 e. The number of aliphatic hydroxyl groups is 1. The maximum atomic E-state index is 11.0. The summed E-state index contributed by atoms with van der Waals surface area (Å²) in [7, 11) is 0. The van der Waals surface area contributed by atoms with Crippen LogP contribution in [0.3, 0.4) is 0 Å². The maximum absolute atomic E-state index is 11.0. The molecule has 1 aliphatic carbocycles. The van der Waals surface area contributed by atoms with Crippen molar-refractivity contribution in [2.75, 3.05) is 11.9 Å². The zero-order valence-electron chi connectivity index (χ0n) is 19.7. The van der Waals surface area contributed by atoms with Gasteiger partial charge in [-0.2, -0.15) is 0 Å². The zero-order chi connectivity index (χ0) is 22.6. The Labute approximate surface area is 191 Å². The van der Waals surface area contributed by atoms with Crippen molar-refractivity contribution >= 4 is 17.0 Å². The fraction of sp³-hybridized carbons (Fsp3) is 0.720. The second-order valence-electron chi connectivity index (χ2n) is 9.59. The molecule has 0 aromatic carbocycles. The third kappa shape index (κ3) is 5.41. The smallest absolute Gasteiger partial charge is 0.209 e. The number of anilines is 1. The molecular weight excluding hydrogens is 402 g/mol. The van der Waals surface area contributed by atoms with E-state index in [1.165, 1.54) is 6.42 Å². The molecule has 4 rings (SSSR count). The third-order valence-corrected chi connectivity index (χ3v) is 6.85. The van der Waals surface area contributed by atoms with E-state index in [0.29, 0.717) is 30.6 Å². The Morgan fingerprint density at radius 1 is 1.25 bits per heavy atom. The molecule has 3 atom stereocenters. The molecule has 2 aromatic rings. The quantitative estimate of drug-likeness (QED) is 0.653. The van der Waals surface area contributed by atoms with Crippen LogP contribution in [-0.4, -0.2) is 49.0 Å². The van der Waals surface area contributed by atoms with Crippen LogP contribution in [0.25, 0.3) is 11.2 Å². The van der Waals surface area contributed by atoms with Crippen molar-refractivity contribution in [2.24, 2.45) is 5.92 Å². The summed E-state index contributed by atoms with van der Waals surface area (Å²) in [6.45, 7) is 8.06. The lowest BCUT2D eigenvalue weighted by Crippen LogP contribution is -2.32. The molecule has 2 aliphatic rings. The van der Waals surface area contributed by atoms with Gasteiger partial charge in [-0.1, -0.05) is 33.1 Å². The molecule has 2 aromatic heterocycles. The largest absolute Gasteiger partial charge is 0.378 e. The Kier molecular flexibility index (Phi) is 7.32. The molecular formula is C25H37N5O2. The molecule has 2 N–H and O–H groups in total. The molecule has 174 valence electrons. The number of hydrogen-bond donors (Lipinski definition) is 2. The summed E-state index contributed by atoms with van der Waals surface area (Å²) < 4.78 is 8.00. The van der Waals surface area contributed by atoms with Crippen molar-refractivity contribution in [1.82, 2.24) is 19.5 Å². The van der Waals surface area contributed by atoms with Gasteiger partial charge in [0.15, 0.2) is 17.0 Å². The van der Waals surface area contributed by atoms with Gasteiger partial charge < -0.3 is 19.7 Å². The van der Waals surface area contributed by atoms with Gasteiger partial charge >= 0.3 is 0 Å². The monoisotopic (exact) mass is 439 g/mol. The molecule has 1 saturated carbocycles. The first-order chi connectivity index (χ1) is 15.5. The highest BCUT2D eigenvalue weighted by Crippen LogP contribution is 2.31. The Balaban J connectivity index is 1.68. The number of hydrogen-bond acceptors (Lipinski definition) is 6. The van der Waals surface area contributed by atoms with Crippen LogP contribution in [-0.2, 0) is 11.3 Å². The number of nitrogens with one attached hydrogen (secondary N) is 1. The van der Waals surface area contributed by atoms with Crippen molar-refractivity contribution in [2.45, 2.75) is 103 Å². The Bertz CT molecular complexity index is 968. The van der Waals surface area contributed by atoms with Crippen LogP contribution in [0.2, 0.25) is 0 Å². The van der Waals surface area contributed by atoms with E-state index >= 15 is 0 Å². The number of ether oxygens (including phenoxy) is 1. The summed E-state index contributed by atoms with van der Waals surface area (Å²) in [4.78, 5) is 14.1. The average molecular weight is 440 g/mol. The summed E-state index contributed by atoms with van der Waals surface area (Å²) in [6, 6.07) is 0.309. The van der Waals surface area contributed by atoms with Crippen molar-refractivity contribution in [3.8, 4) is 11.8 Å². The third-order valence-electron chi connectivity index (χ3n) is 6.85. The molecule has 7 nitrogen and oxygen atoms in total. The summed E-state index contributed by atoms with van der Waals surface area (Å²) in [6.07, 6.45) is 11.0. The van der Waals surface area contributed by atoms with Gasteiger partial charge in [0.05, 0.1) is 19.0 Å². The van der Waals surface area contributed by atoms with Crippen molar-refractivity contribution in [3.05, 3.63) is 12.2 Å². The van der Waals surface area contributed by atoms with Crippen LogP contribution in [0.4, 0.5) is 5.82 Å². The first-order valence-corrected chi connectivity index (χ1v) is 12.4. The summed E-state index contributed by atoms with van der Waals surface area (Å²) in [5, 5.41) is 14.5. The Hall–Kier alpha value is -2.17. The van der Waals surface area contributed by atoms with Gasteiger partial charge in [-0.25, -0.2) is 15.0 Å². The first kappa shape index (κ1) is 23.0. The average Bonchev–Trinajstić information content (AvgIpc) is 3.19. The lowest BCUT2D eigenvalue weighted by Gasteiger charge is -2.30. The van der Waals surface area contributed by atoms with Gasteiger partial charge in [0.2, 0.25) is 5.82 Å². The van der Waals surface area contributed by atoms with Gasteiger partial charge in [-0.15, -0.1) is 0 Å². The molecule has 32 heavy (non-hydrogen) atoms. The Morgan fingerprint density at radius 3 is 2.81 bits per heavy atom. The van der Waals surface area contributed by atoms with Crippen LogP contribution < -0.4 is 5.32 Å². The van der Waals surface area contributed by atoms with E-state index in [1.54, 1.807) is 0 Å². The van der Waals surface area contributed by atoms with Crippen molar-refractivity contribution in [1.29, 1.82) is 0 Å². The van der Waals surface area contributed by atoms with E-state index in [4.69, 9.17) is 14.7 Å². The summed E-state index contributed by atoms with van der Waals surface area (Å²) >= 11 is 0. The van der Waals surface area contributed by atoms with Crippen LogP contribution in [0.5, 0.6) is 0 Å². The van der Waals surface area contributed by atoms with Gasteiger partial charge in [0.1, 0.15) is 5.60 Å². The molecule has 1 unspecified atom stereocenters. The highest BCUT2D eigenvalue weighted by atomic mass is 16.5. The van der Waals surface area contributed by atoms with E-state index in [-0.39, 0.29) is 6.10 Å². The maximum Gasteiger partial charge on any atom is 0.209 e. The van der Waals surface area contributed by atoms with Crippen molar-refractivity contribution in [3.63, 3.8) is 0 Å². The van der Waals surface area contributed by atoms with E-state index in [1.807, 2.05) is 6.33 Å². The highest BCUT2D eigenvalue weighted by Gasteiger charge is 2.30. The van der Waals surface area contributed by atoms with Crippen LogP contribution in [0, 0.1) is 17.8 Å². The fourth-order valence-corrected chi connectivity index (χ4v) is 4.90. The predicted octanol–water partition coefficient (Wildman–Crippen LogP) is 4.29. The molecule has 2 fully saturated rings. The van der Waals surface area contributed by atoms with E-state index in [9.17, 15) is 5.11 Å². The van der Waals surface area contributed by atoms with Crippen molar-refractivity contribution < 1.29 is 9.84 Å². The van der Waals surface area contributed by atoms with Gasteiger partial charge in [-0.05, 0) is 63.2 Å². The molecule has 3 heterocycles. The lowest BCUT2D eigenvalue weighted by molar-refractivity contribution is 0.00652. The number of fused-ring (bicyclic) bond motifs is 1. The number of rotatable bonds is 6. The highest BCUT2D eigenvalue weighted by molar-refractivity contribution is 5.83. The molecule has 0 radical (unpaired) electrons. The topological polar surface area (TPSA) is 85.1 Å². The molecule has 7 heteroatoms. The summed E-state index contributed by atoms with van der Waals surface area (Å²) in [5.74, 6) is 7.85. The molecule has 1 saturated heterocycles. The standard InChI is InChI=1S/C25H37N5O2/c1-4-19(5-2)27-23-22-24(30(17-26-22)16-20-10-6-7-14-32-20)29-21(28-23)11-13-25(31)12-8-9-18(3)15-25/h17-20,31H,4-10,12,14-16H2,1-3H3,(H,27,28,29)/t18-,20?,25-/m1/s1.